The van der Waals surface area contributed by atoms with Crippen LogP contribution >= 0.6 is 11.6 Å². The van der Waals surface area contributed by atoms with E-state index in [1.54, 1.807) is 57.2 Å². The molecule has 2 aromatic rings. The Morgan fingerprint density at radius 3 is 2.46 bits per heavy atom. The Morgan fingerprint density at radius 2 is 1.82 bits per heavy atom. The number of carbonyl (C=O) groups is 1. The van der Waals surface area contributed by atoms with Crippen LogP contribution in [0.25, 0.3) is 0 Å². The number of rotatable bonds is 9. The maximum absolute atomic E-state index is 12.8. The quantitative estimate of drug-likeness (QED) is 0.657. The Labute approximate surface area is 171 Å². The number of halogens is 1. The highest BCUT2D eigenvalue weighted by atomic mass is 35.5. The van der Waals surface area contributed by atoms with Crippen molar-refractivity contribution in [1.29, 1.82) is 0 Å². The lowest BCUT2D eigenvalue weighted by Crippen LogP contribution is -2.31. The number of ether oxygens (including phenoxy) is 1. The standard InChI is InChI=1S/C20H25ClN2O4S/c1-4-23(5-2)28(25,26)19-14-16(11-10-15(19)3)22-20(24)12-13-27-18-9-7-6-8-17(18)21/h6-11,14H,4-5,12-13H2,1-3H3,(H,22,24). The molecule has 0 aromatic heterocycles. The van der Waals surface area contributed by atoms with Crippen LogP contribution in [-0.2, 0) is 14.8 Å². The van der Waals surface area contributed by atoms with Crippen molar-refractivity contribution in [2.75, 3.05) is 25.0 Å². The van der Waals surface area contributed by atoms with Gasteiger partial charge in [-0.1, -0.05) is 43.6 Å². The zero-order valence-corrected chi connectivity index (χ0v) is 17.8. The molecule has 0 atom stereocenters. The predicted molar refractivity (Wildman–Crippen MR) is 111 cm³/mol. The molecule has 0 unspecified atom stereocenters. The van der Waals surface area contributed by atoms with Gasteiger partial charge in [-0.3, -0.25) is 4.79 Å². The molecule has 0 spiro atoms. The van der Waals surface area contributed by atoms with Crippen molar-refractivity contribution in [3.05, 3.63) is 53.1 Å². The fourth-order valence-corrected chi connectivity index (χ4v) is 4.60. The number of amides is 1. The zero-order chi connectivity index (χ0) is 20.7. The van der Waals surface area contributed by atoms with Gasteiger partial charge >= 0.3 is 0 Å². The second kappa shape index (κ2) is 9.91. The second-order valence-corrected chi connectivity index (χ2v) is 8.46. The van der Waals surface area contributed by atoms with Gasteiger partial charge in [0.2, 0.25) is 15.9 Å². The van der Waals surface area contributed by atoms with Crippen molar-refractivity contribution >= 4 is 33.2 Å². The highest BCUT2D eigenvalue weighted by Crippen LogP contribution is 2.25. The van der Waals surface area contributed by atoms with E-state index in [-0.39, 0.29) is 23.8 Å². The molecule has 0 radical (unpaired) electrons. The summed E-state index contributed by atoms with van der Waals surface area (Å²) in [4.78, 5) is 12.4. The minimum absolute atomic E-state index is 0.108. The lowest BCUT2D eigenvalue weighted by atomic mass is 10.2. The van der Waals surface area contributed by atoms with Crippen molar-refractivity contribution < 1.29 is 17.9 Å². The van der Waals surface area contributed by atoms with E-state index in [1.807, 2.05) is 0 Å². The van der Waals surface area contributed by atoms with Gasteiger partial charge in [0.05, 0.1) is 22.9 Å². The van der Waals surface area contributed by atoms with Crippen LogP contribution in [0.2, 0.25) is 5.02 Å². The van der Waals surface area contributed by atoms with Gasteiger partial charge in [0.15, 0.2) is 0 Å². The first-order chi connectivity index (χ1) is 13.3. The average molecular weight is 425 g/mol. The summed E-state index contributed by atoms with van der Waals surface area (Å²) in [6, 6.07) is 11.9. The maximum atomic E-state index is 12.8. The van der Waals surface area contributed by atoms with Gasteiger partial charge in [-0.15, -0.1) is 0 Å². The lowest BCUT2D eigenvalue weighted by molar-refractivity contribution is -0.116. The summed E-state index contributed by atoms with van der Waals surface area (Å²) in [5, 5.41) is 3.20. The molecule has 2 aromatic carbocycles. The number of benzene rings is 2. The number of hydrogen-bond donors (Lipinski definition) is 1. The van der Waals surface area contributed by atoms with E-state index in [4.69, 9.17) is 16.3 Å². The summed E-state index contributed by atoms with van der Waals surface area (Å²) in [6.45, 7) is 6.25. The highest BCUT2D eigenvalue weighted by molar-refractivity contribution is 7.89. The second-order valence-electron chi connectivity index (χ2n) is 6.15. The van der Waals surface area contributed by atoms with E-state index in [2.05, 4.69) is 5.32 Å². The fourth-order valence-electron chi connectivity index (χ4n) is 2.70. The molecule has 0 fully saturated rings. The number of carbonyl (C=O) groups excluding carboxylic acids is 1. The van der Waals surface area contributed by atoms with Crippen LogP contribution < -0.4 is 10.1 Å². The Morgan fingerprint density at radius 1 is 1.14 bits per heavy atom. The molecular formula is C20H25ClN2O4S. The van der Waals surface area contributed by atoms with Crippen LogP contribution in [0.15, 0.2) is 47.4 Å². The van der Waals surface area contributed by atoms with Crippen LogP contribution in [-0.4, -0.2) is 38.3 Å². The van der Waals surface area contributed by atoms with E-state index in [0.29, 0.717) is 35.1 Å². The topological polar surface area (TPSA) is 75.7 Å². The molecule has 0 heterocycles. The summed E-state index contributed by atoms with van der Waals surface area (Å²) in [5.74, 6) is 0.238. The molecule has 0 aliphatic heterocycles. The number of aryl methyl sites for hydroxylation is 1. The van der Waals surface area contributed by atoms with Gasteiger partial charge in [-0.2, -0.15) is 4.31 Å². The van der Waals surface area contributed by atoms with E-state index >= 15 is 0 Å². The molecule has 1 N–H and O–H groups in total. The van der Waals surface area contributed by atoms with Gasteiger partial charge in [0, 0.05) is 18.8 Å². The summed E-state index contributed by atoms with van der Waals surface area (Å²) >= 11 is 6.01. The largest absolute Gasteiger partial charge is 0.491 e. The first kappa shape index (κ1) is 22.2. The summed E-state index contributed by atoms with van der Waals surface area (Å²) < 4.78 is 32.5. The number of para-hydroxylation sites is 1. The molecule has 1 amide bonds. The van der Waals surface area contributed by atoms with Crippen LogP contribution in [0.5, 0.6) is 5.75 Å². The molecule has 0 saturated carbocycles. The molecule has 152 valence electrons. The molecule has 6 nitrogen and oxygen atoms in total. The van der Waals surface area contributed by atoms with Crippen molar-refractivity contribution in [3.63, 3.8) is 0 Å². The Bertz CT molecular complexity index is 928. The first-order valence-corrected chi connectivity index (χ1v) is 10.9. The highest BCUT2D eigenvalue weighted by Gasteiger charge is 2.24. The third-order valence-corrected chi connectivity index (χ3v) is 6.72. The SMILES string of the molecule is CCN(CC)S(=O)(=O)c1cc(NC(=O)CCOc2ccccc2Cl)ccc1C. The van der Waals surface area contributed by atoms with E-state index < -0.39 is 10.0 Å². The Hall–Kier alpha value is -2.09. The van der Waals surface area contributed by atoms with Crippen molar-refractivity contribution in [1.82, 2.24) is 4.31 Å². The van der Waals surface area contributed by atoms with Gasteiger partial charge in [0.1, 0.15) is 5.75 Å². The molecular weight excluding hydrogens is 400 g/mol. The number of sulfonamides is 1. The van der Waals surface area contributed by atoms with Gasteiger partial charge < -0.3 is 10.1 Å². The lowest BCUT2D eigenvalue weighted by Gasteiger charge is -2.20. The van der Waals surface area contributed by atoms with Gasteiger partial charge in [-0.05, 0) is 36.8 Å². The van der Waals surface area contributed by atoms with E-state index in [1.165, 1.54) is 10.4 Å². The predicted octanol–water partition coefficient (Wildman–Crippen LogP) is 4.09. The van der Waals surface area contributed by atoms with Crippen LogP contribution in [0, 0.1) is 6.92 Å². The Balaban J connectivity index is 2.04. The van der Waals surface area contributed by atoms with Crippen molar-refractivity contribution in [2.45, 2.75) is 32.1 Å². The van der Waals surface area contributed by atoms with Crippen LogP contribution in [0.3, 0.4) is 0 Å². The third kappa shape index (κ3) is 5.47. The fraction of sp³-hybridized carbons (Fsp3) is 0.350. The normalized spacial score (nSPS) is 11.5. The van der Waals surface area contributed by atoms with Crippen molar-refractivity contribution in [2.24, 2.45) is 0 Å². The maximum Gasteiger partial charge on any atom is 0.243 e. The number of nitrogens with zero attached hydrogens (tertiary/aromatic N) is 1. The smallest absolute Gasteiger partial charge is 0.243 e. The first-order valence-electron chi connectivity index (χ1n) is 9.07. The van der Waals surface area contributed by atoms with Gasteiger partial charge in [0.25, 0.3) is 0 Å². The van der Waals surface area contributed by atoms with Crippen LogP contribution in [0.4, 0.5) is 5.69 Å². The van der Waals surface area contributed by atoms with Crippen LogP contribution in [0.1, 0.15) is 25.8 Å². The monoisotopic (exact) mass is 424 g/mol. The minimum Gasteiger partial charge on any atom is -0.491 e. The van der Waals surface area contributed by atoms with Gasteiger partial charge in [-0.25, -0.2) is 8.42 Å². The summed E-state index contributed by atoms with van der Waals surface area (Å²) in [7, 11) is -3.61. The zero-order valence-electron chi connectivity index (χ0n) is 16.2. The molecule has 0 aliphatic rings. The van der Waals surface area contributed by atoms with E-state index in [9.17, 15) is 13.2 Å². The molecule has 8 heteroatoms. The minimum atomic E-state index is -3.61. The molecule has 2 rings (SSSR count). The molecule has 28 heavy (non-hydrogen) atoms. The summed E-state index contributed by atoms with van der Waals surface area (Å²) in [6.07, 6.45) is 0.108. The number of hydrogen-bond acceptors (Lipinski definition) is 4. The number of nitrogens with one attached hydrogen (secondary N) is 1. The average Bonchev–Trinajstić information content (AvgIpc) is 2.65. The Kier molecular flexibility index (Phi) is 7.86. The molecule has 0 saturated heterocycles. The molecule has 0 aliphatic carbocycles. The number of anilines is 1. The summed E-state index contributed by atoms with van der Waals surface area (Å²) in [5.41, 5.74) is 1.06. The third-order valence-electron chi connectivity index (χ3n) is 4.22. The molecule has 0 bridgehead atoms. The van der Waals surface area contributed by atoms with Crippen molar-refractivity contribution in [3.8, 4) is 5.75 Å². The van der Waals surface area contributed by atoms with E-state index in [0.717, 1.165) is 0 Å².